The van der Waals surface area contributed by atoms with Crippen molar-refractivity contribution in [1.29, 1.82) is 0 Å². The van der Waals surface area contributed by atoms with Crippen LogP contribution >= 0.6 is 11.6 Å². The number of para-hydroxylation sites is 2. The molecule has 0 heterocycles. The molecule has 2 N–H and O–H groups in total. The minimum absolute atomic E-state index is 0.198. The molecular weight excluding hydrogens is 286 g/mol. The molecule has 1 amide bonds. The molecule has 0 aromatic heterocycles. The van der Waals surface area contributed by atoms with E-state index < -0.39 is 0 Å². The Bertz CT molecular complexity index is 656. The highest BCUT2D eigenvalue weighted by atomic mass is 35.5. The Morgan fingerprint density at radius 2 is 1.81 bits per heavy atom. The molecule has 5 heteroatoms. The Morgan fingerprint density at radius 3 is 2.48 bits per heavy atom. The van der Waals surface area contributed by atoms with Gasteiger partial charge in [0.25, 0.3) is 5.91 Å². The molecule has 0 saturated heterocycles. The first-order chi connectivity index (χ1) is 10.0. The molecule has 0 atom stereocenters. The molecule has 4 nitrogen and oxygen atoms in total. The molecule has 0 bridgehead atoms. The first kappa shape index (κ1) is 15.2. The third-order valence-corrected chi connectivity index (χ3v) is 3.36. The van der Waals surface area contributed by atoms with Crippen molar-refractivity contribution in [2.45, 2.75) is 0 Å². The van der Waals surface area contributed by atoms with E-state index >= 15 is 0 Å². The maximum Gasteiger partial charge on any atom is 0.257 e. The van der Waals surface area contributed by atoms with Crippen LogP contribution in [0.2, 0.25) is 5.02 Å². The zero-order chi connectivity index (χ0) is 15.4. The van der Waals surface area contributed by atoms with Gasteiger partial charge in [-0.3, -0.25) is 4.79 Å². The SMILES string of the molecule is CNc1ccc(Cl)cc1C(=O)Nc1ccccc1N(C)C. The summed E-state index contributed by atoms with van der Waals surface area (Å²) in [6, 6.07) is 12.8. The van der Waals surface area contributed by atoms with Gasteiger partial charge in [0.1, 0.15) is 0 Å². The van der Waals surface area contributed by atoms with Crippen LogP contribution in [0.4, 0.5) is 17.1 Å². The van der Waals surface area contributed by atoms with Crippen LogP contribution in [0.25, 0.3) is 0 Å². The lowest BCUT2D eigenvalue weighted by atomic mass is 10.1. The molecule has 2 rings (SSSR count). The van der Waals surface area contributed by atoms with Gasteiger partial charge in [0.15, 0.2) is 0 Å². The van der Waals surface area contributed by atoms with Crippen molar-refractivity contribution >= 4 is 34.6 Å². The maximum atomic E-state index is 12.5. The summed E-state index contributed by atoms with van der Waals surface area (Å²) >= 11 is 5.99. The number of anilines is 3. The summed E-state index contributed by atoms with van der Waals surface area (Å²) in [5.41, 5.74) is 2.95. The van der Waals surface area contributed by atoms with E-state index in [2.05, 4.69) is 10.6 Å². The largest absolute Gasteiger partial charge is 0.387 e. The summed E-state index contributed by atoms with van der Waals surface area (Å²) in [6.07, 6.45) is 0. The third kappa shape index (κ3) is 3.47. The second-order valence-electron chi connectivity index (χ2n) is 4.81. The highest BCUT2D eigenvalue weighted by Crippen LogP contribution is 2.26. The van der Waals surface area contributed by atoms with Crippen molar-refractivity contribution < 1.29 is 4.79 Å². The molecule has 0 radical (unpaired) electrons. The Morgan fingerprint density at radius 1 is 1.10 bits per heavy atom. The second kappa shape index (κ2) is 6.50. The average molecular weight is 304 g/mol. The smallest absolute Gasteiger partial charge is 0.257 e. The molecule has 0 saturated carbocycles. The summed E-state index contributed by atoms with van der Waals surface area (Å²) in [4.78, 5) is 14.4. The highest BCUT2D eigenvalue weighted by Gasteiger charge is 2.14. The number of hydrogen-bond acceptors (Lipinski definition) is 3. The Labute approximate surface area is 129 Å². The molecule has 0 aliphatic carbocycles. The zero-order valence-electron chi connectivity index (χ0n) is 12.3. The third-order valence-electron chi connectivity index (χ3n) is 3.13. The maximum absolute atomic E-state index is 12.5. The van der Waals surface area contributed by atoms with Gasteiger partial charge < -0.3 is 15.5 Å². The van der Waals surface area contributed by atoms with E-state index in [4.69, 9.17) is 11.6 Å². The van der Waals surface area contributed by atoms with Gasteiger partial charge in [-0.1, -0.05) is 23.7 Å². The van der Waals surface area contributed by atoms with Crippen LogP contribution in [-0.2, 0) is 0 Å². The Kier molecular flexibility index (Phi) is 4.70. The van der Waals surface area contributed by atoms with Crippen molar-refractivity contribution in [2.75, 3.05) is 36.7 Å². The predicted molar refractivity (Wildman–Crippen MR) is 89.7 cm³/mol. The lowest BCUT2D eigenvalue weighted by Crippen LogP contribution is -2.17. The van der Waals surface area contributed by atoms with E-state index in [1.165, 1.54) is 0 Å². The number of carbonyl (C=O) groups is 1. The summed E-state index contributed by atoms with van der Waals surface area (Å²) in [5, 5.41) is 6.46. The Balaban J connectivity index is 2.33. The first-order valence-electron chi connectivity index (χ1n) is 6.58. The quantitative estimate of drug-likeness (QED) is 0.905. The van der Waals surface area contributed by atoms with Crippen molar-refractivity contribution in [3.8, 4) is 0 Å². The normalized spacial score (nSPS) is 10.1. The monoisotopic (exact) mass is 303 g/mol. The van der Waals surface area contributed by atoms with E-state index in [0.717, 1.165) is 17.1 Å². The van der Waals surface area contributed by atoms with Crippen LogP contribution in [0.15, 0.2) is 42.5 Å². The van der Waals surface area contributed by atoms with Crippen LogP contribution in [-0.4, -0.2) is 27.1 Å². The number of nitrogens with zero attached hydrogens (tertiary/aromatic N) is 1. The van der Waals surface area contributed by atoms with Gasteiger partial charge in [0.2, 0.25) is 0 Å². The number of rotatable bonds is 4. The van der Waals surface area contributed by atoms with E-state index in [1.54, 1.807) is 25.2 Å². The molecule has 0 aliphatic heterocycles. The second-order valence-corrected chi connectivity index (χ2v) is 5.24. The number of amides is 1. The minimum Gasteiger partial charge on any atom is -0.387 e. The molecular formula is C16H18ClN3O. The summed E-state index contributed by atoms with van der Waals surface area (Å²) in [6.45, 7) is 0. The molecule has 110 valence electrons. The number of halogens is 1. The molecule has 0 unspecified atom stereocenters. The van der Waals surface area contributed by atoms with Gasteiger partial charge in [-0.25, -0.2) is 0 Å². The lowest BCUT2D eigenvalue weighted by molar-refractivity contribution is 0.102. The standard InChI is InChI=1S/C16H18ClN3O/c1-18-13-9-8-11(17)10-12(13)16(21)19-14-6-4-5-7-15(14)20(2)3/h4-10,18H,1-3H3,(H,19,21). The van der Waals surface area contributed by atoms with Crippen LogP contribution in [0, 0.1) is 0 Å². The molecule has 2 aromatic carbocycles. The van der Waals surface area contributed by atoms with Gasteiger partial charge in [0.05, 0.1) is 16.9 Å². The predicted octanol–water partition coefficient (Wildman–Crippen LogP) is 3.70. The van der Waals surface area contributed by atoms with Gasteiger partial charge in [-0.05, 0) is 30.3 Å². The number of hydrogen-bond donors (Lipinski definition) is 2. The van der Waals surface area contributed by atoms with Crippen LogP contribution in [0.3, 0.4) is 0 Å². The fraction of sp³-hybridized carbons (Fsp3) is 0.188. The molecule has 0 spiro atoms. The van der Waals surface area contributed by atoms with Crippen molar-refractivity contribution in [3.63, 3.8) is 0 Å². The average Bonchev–Trinajstić information content (AvgIpc) is 2.47. The van der Waals surface area contributed by atoms with Crippen LogP contribution in [0.1, 0.15) is 10.4 Å². The van der Waals surface area contributed by atoms with E-state index in [1.807, 2.05) is 43.3 Å². The van der Waals surface area contributed by atoms with Gasteiger partial charge >= 0.3 is 0 Å². The topological polar surface area (TPSA) is 44.4 Å². The van der Waals surface area contributed by atoms with E-state index in [9.17, 15) is 4.79 Å². The number of carbonyl (C=O) groups excluding carboxylic acids is 1. The van der Waals surface area contributed by atoms with Crippen molar-refractivity contribution in [3.05, 3.63) is 53.1 Å². The summed E-state index contributed by atoms with van der Waals surface area (Å²) in [5.74, 6) is -0.198. The highest BCUT2D eigenvalue weighted by molar-refractivity contribution is 6.31. The van der Waals surface area contributed by atoms with Crippen LogP contribution < -0.4 is 15.5 Å². The van der Waals surface area contributed by atoms with Gasteiger partial charge in [0, 0.05) is 31.9 Å². The minimum atomic E-state index is -0.198. The molecule has 21 heavy (non-hydrogen) atoms. The zero-order valence-corrected chi connectivity index (χ0v) is 13.0. The molecule has 0 aliphatic rings. The molecule has 0 fully saturated rings. The summed E-state index contributed by atoms with van der Waals surface area (Å²) < 4.78 is 0. The first-order valence-corrected chi connectivity index (χ1v) is 6.95. The Hall–Kier alpha value is -2.20. The van der Waals surface area contributed by atoms with E-state index in [-0.39, 0.29) is 5.91 Å². The lowest BCUT2D eigenvalue weighted by Gasteiger charge is -2.18. The van der Waals surface area contributed by atoms with Gasteiger partial charge in [-0.2, -0.15) is 0 Å². The van der Waals surface area contributed by atoms with Crippen LogP contribution in [0.5, 0.6) is 0 Å². The fourth-order valence-electron chi connectivity index (χ4n) is 2.08. The molecule has 2 aromatic rings. The van der Waals surface area contributed by atoms with E-state index in [0.29, 0.717) is 10.6 Å². The van der Waals surface area contributed by atoms with Gasteiger partial charge in [-0.15, -0.1) is 0 Å². The number of nitrogens with one attached hydrogen (secondary N) is 2. The number of benzene rings is 2. The fourth-order valence-corrected chi connectivity index (χ4v) is 2.25. The summed E-state index contributed by atoms with van der Waals surface area (Å²) in [7, 11) is 5.64. The van der Waals surface area contributed by atoms with Crippen molar-refractivity contribution in [2.24, 2.45) is 0 Å². The van der Waals surface area contributed by atoms with Crippen molar-refractivity contribution in [1.82, 2.24) is 0 Å².